The van der Waals surface area contributed by atoms with Crippen molar-refractivity contribution >= 4 is 5.91 Å². The maximum atomic E-state index is 13.1. The molecule has 0 N–H and O–H groups in total. The topological polar surface area (TPSA) is 20.3 Å². The van der Waals surface area contributed by atoms with E-state index in [9.17, 15) is 18.0 Å². The monoisotopic (exact) mass is 259 g/mol. The van der Waals surface area contributed by atoms with Crippen LogP contribution in [0.5, 0.6) is 0 Å². The molecule has 0 aromatic heterocycles. The average molecular weight is 259 g/mol. The molecule has 0 heterocycles. The van der Waals surface area contributed by atoms with E-state index in [0.29, 0.717) is 5.56 Å². The summed E-state index contributed by atoms with van der Waals surface area (Å²) in [4.78, 5) is 13.1. The number of nitrogens with zero attached hydrogens (tertiary/aromatic N) is 1. The quantitative estimate of drug-likeness (QED) is 0.812. The van der Waals surface area contributed by atoms with Gasteiger partial charge in [-0.2, -0.15) is 0 Å². The van der Waals surface area contributed by atoms with E-state index < -0.39 is 24.7 Å². The van der Waals surface area contributed by atoms with Gasteiger partial charge in [0.15, 0.2) is 0 Å². The van der Waals surface area contributed by atoms with Crippen molar-refractivity contribution in [1.82, 2.24) is 4.90 Å². The Balaban J connectivity index is 2.98. The number of hydrogen-bond acceptors (Lipinski definition) is 1. The molecule has 1 aromatic rings. The summed E-state index contributed by atoms with van der Waals surface area (Å²) in [6.45, 7) is 4.24. The summed E-state index contributed by atoms with van der Waals surface area (Å²) in [5.74, 6) is -0.926. The standard InChI is InChI=1S/C13H16F3NO/c1-8(2)17(7-12(15)16)13(18)10-4-5-11(14)9(3)6-10/h4-6,8,12H,7H2,1-3H3. The largest absolute Gasteiger partial charge is 0.330 e. The highest BCUT2D eigenvalue weighted by atomic mass is 19.3. The lowest BCUT2D eigenvalue weighted by molar-refractivity contribution is 0.0476. The van der Waals surface area contributed by atoms with E-state index in [4.69, 9.17) is 0 Å². The van der Waals surface area contributed by atoms with E-state index >= 15 is 0 Å². The van der Waals surface area contributed by atoms with Crippen LogP contribution in [0.25, 0.3) is 0 Å². The molecule has 100 valence electrons. The van der Waals surface area contributed by atoms with Gasteiger partial charge in [0, 0.05) is 11.6 Å². The van der Waals surface area contributed by atoms with Crippen LogP contribution < -0.4 is 0 Å². The Morgan fingerprint density at radius 1 is 1.33 bits per heavy atom. The number of halogens is 3. The third-order valence-corrected chi connectivity index (χ3v) is 2.62. The van der Waals surface area contributed by atoms with Crippen molar-refractivity contribution in [1.29, 1.82) is 0 Å². The Labute approximate surface area is 104 Å². The minimum Gasteiger partial charge on any atom is -0.330 e. The van der Waals surface area contributed by atoms with Crippen LogP contribution in [0.3, 0.4) is 0 Å². The molecule has 0 saturated carbocycles. The van der Waals surface area contributed by atoms with Crippen LogP contribution in [-0.2, 0) is 0 Å². The molecule has 0 aliphatic rings. The predicted octanol–water partition coefficient (Wildman–Crippen LogP) is 3.25. The number of benzene rings is 1. The Morgan fingerprint density at radius 3 is 2.39 bits per heavy atom. The van der Waals surface area contributed by atoms with Crippen molar-refractivity contribution in [2.24, 2.45) is 0 Å². The summed E-state index contributed by atoms with van der Waals surface area (Å²) in [6, 6.07) is 3.52. The molecule has 1 aromatic carbocycles. The molecule has 0 radical (unpaired) electrons. The van der Waals surface area contributed by atoms with Crippen molar-refractivity contribution in [2.45, 2.75) is 33.2 Å². The van der Waals surface area contributed by atoms with Crippen LogP contribution in [0.15, 0.2) is 18.2 Å². The van der Waals surface area contributed by atoms with Gasteiger partial charge >= 0.3 is 0 Å². The first kappa shape index (κ1) is 14.5. The zero-order valence-electron chi connectivity index (χ0n) is 10.6. The first-order valence-electron chi connectivity index (χ1n) is 5.68. The zero-order valence-corrected chi connectivity index (χ0v) is 10.6. The summed E-state index contributed by atoms with van der Waals surface area (Å²) in [5, 5.41) is 0. The molecule has 0 unspecified atom stereocenters. The van der Waals surface area contributed by atoms with E-state index in [-0.39, 0.29) is 11.6 Å². The van der Waals surface area contributed by atoms with Gasteiger partial charge in [-0.25, -0.2) is 13.2 Å². The number of aryl methyl sites for hydroxylation is 1. The highest BCUT2D eigenvalue weighted by Crippen LogP contribution is 2.14. The Bertz CT molecular complexity index is 432. The van der Waals surface area contributed by atoms with E-state index in [1.807, 2.05) is 0 Å². The molecule has 0 spiro atoms. The molecule has 0 atom stereocenters. The summed E-state index contributed by atoms with van der Waals surface area (Å²) >= 11 is 0. The van der Waals surface area contributed by atoms with E-state index in [1.54, 1.807) is 13.8 Å². The molecule has 18 heavy (non-hydrogen) atoms. The molecular weight excluding hydrogens is 243 g/mol. The summed E-state index contributed by atoms with van der Waals surface area (Å²) in [6.07, 6.45) is -2.59. The summed E-state index contributed by atoms with van der Waals surface area (Å²) in [5.41, 5.74) is 0.546. The Morgan fingerprint density at radius 2 is 1.94 bits per heavy atom. The third-order valence-electron chi connectivity index (χ3n) is 2.62. The fourth-order valence-electron chi connectivity index (χ4n) is 1.62. The number of carbonyl (C=O) groups is 1. The molecule has 1 rings (SSSR count). The number of rotatable bonds is 4. The maximum Gasteiger partial charge on any atom is 0.255 e. The molecule has 0 aliphatic carbocycles. The zero-order chi connectivity index (χ0) is 13.9. The summed E-state index contributed by atoms with van der Waals surface area (Å²) < 4.78 is 37.9. The van der Waals surface area contributed by atoms with Crippen LogP contribution in [0.1, 0.15) is 29.8 Å². The lowest BCUT2D eigenvalue weighted by atomic mass is 10.1. The molecule has 0 fully saturated rings. The van der Waals surface area contributed by atoms with Crippen molar-refractivity contribution < 1.29 is 18.0 Å². The van der Waals surface area contributed by atoms with Gasteiger partial charge < -0.3 is 4.90 Å². The van der Waals surface area contributed by atoms with Crippen LogP contribution in [0.2, 0.25) is 0 Å². The second-order valence-corrected chi connectivity index (χ2v) is 4.41. The average Bonchev–Trinajstić information content (AvgIpc) is 2.28. The van der Waals surface area contributed by atoms with Crippen molar-refractivity contribution in [3.8, 4) is 0 Å². The van der Waals surface area contributed by atoms with Gasteiger partial charge in [0.05, 0.1) is 6.54 Å². The first-order chi connectivity index (χ1) is 8.32. The van der Waals surface area contributed by atoms with Crippen LogP contribution in [0, 0.1) is 12.7 Å². The van der Waals surface area contributed by atoms with Gasteiger partial charge in [0.25, 0.3) is 12.3 Å². The van der Waals surface area contributed by atoms with E-state index in [2.05, 4.69) is 0 Å². The number of amides is 1. The Hall–Kier alpha value is -1.52. The fraction of sp³-hybridized carbons (Fsp3) is 0.462. The SMILES string of the molecule is Cc1cc(C(=O)N(CC(F)F)C(C)C)ccc1F. The molecule has 0 saturated heterocycles. The minimum absolute atomic E-state index is 0.225. The lowest BCUT2D eigenvalue weighted by Gasteiger charge is -2.26. The molecular formula is C13H16F3NO. The van der Waals surface area contributed by atoms with Crippen LogP contribution in [0.4, 0.5) is 13.2 Å². The number of carbonyl (C=O) groups excluding carboxylic acids is 1. The van der Waals surface area contributed by atoms with Gasteiger partial charge in [-0.05, 0) is 44.5 Å². The normalized spacial score (nSPS) is 11.1. The van der Waals surface area contributed by atoms with E-state index in [0.717, 1.165) is 4.90 Å². The van der Waals surface area contributed by atoms with Gasteiger partial charge in [0.1, 0.15) is 5.82 Å². The second-order valence-electron chi connectivity index (χ2n) is 4.41. The first-order valence-corrected chi connectivity index (χ1v) is 5.68. The van der Waals surface area contributed by atoms with Gasteiger partial charge in [-0.3, -0.25) is 4.79 Å². The van der Waals surface area contributed by atoms with Gasteiger partial charge in [-0.1, -0.05) is 0 Å². The van der Waals surface area contributed by atoms with Crippen LogP contribution in [-0.4, -0.2) is 29.8 Å². The van der Waals surface area contributed by atoms with Crippen molar-refractivity contribution in [2.75, 3.05) is 6.54 Å². The lowest BCUT2D eigenvalue weighted by Crippen LogP contribution is -2.40. The minimum atomic E-state index is -2.59. The predicted molar refractivity (Wildman–Crippen MR) is 63.3 cm³/mol. The van der Waals surface area contributed by atoms with Crippen molar-refractivity contribution in [3.05, 3.63) is 35.1 Å². The molecule has 1 amide bonds. The van der Waals surface area contributed by atoms with Gasteiger partial charge in [0.2, 0.25) is 0 Å². The van der Waals surface area contributed by atoms with Gasteiger partial charge in [-0.15, -0.1) is 0 Å². The molecule has 0 bridgehead atoms. The highest BCUT2D eigenvalue weighted by molar-refractivity contribution is 5.94. The second kappa shape index (κ2) is 5.89. The Kier molecular flexibility index (Phi) is 4.76. The highest BCUT2D eigenvalue weighted by Gasteiger charge is 2.22. The molecule has 0 aliphatic heterocycles. The number of alkyl halides is 2. The fourth-order valence-corrected chi connectivity index (χ4v) is 1.62. The smallest absolute Gasteiger partial charge is 0.255 e. The number of hydrogen-bond donors (Lipinski definition) is 0. The van der Waals surface area contributed by atoms with Crippen LogP contribution >= 0.6 is 0 Å². The molecule has 2 nitrogen and oxygen atoms in total. The van der Waals surface area contributed by atoms with Crippen molar-refractivity contribution in [3.63, 3.8) is 0 Å². The summed E-state index contributed by atoms with van der Waals surface area (Å²) in [7, 11) is 0. The molecule has 5 heteroatoms. The van der Waals surface area contributed by atoms with E-state index in [1.165, 1.54) is 25.1 Å². The third kappa shape index (κ3) is 3.48. The maximum absolute atomic E-state index is 13.1.